The summed E-state index contributed by atoms with van der Waals surface area (Å²) in [6.07, 6.45) is 0. The molecule has 0 saturated heterocycles. The molecule has 0 atom stereocenters. The number of rotatable bonds is 5. The summed E-state index contributed by atoms with van der Waals surface area (Å²) in [6.45, 7) is 6.27. The maximum atomic E-state index is 5.93. The second kappa shape index (κ2) is 7.36. The fourth-order valence-corrected chi connectivity index (χ4v) is 3.02. The third-order valence-corrected chi connectivity index (χ3v) is 4.90. The highest BCUT2D eigenvalue weighted by Crippen LogP contribution is 2.28. The van der Waals surface area contributed by atoms with Crippen LogP contribution in [0, 0.1) is 12.8 Å². The average Bonchev–Trinajstić information content (AvgIpc) is 3.02. The molecule has 4 nitrogen and oxygen atoms in total. The zero-order chi connectivity index (χ0) is 17.1. The van der Waals surface area contributed by atoms with E-state index in [1.165, 1.54) is 0 Å². The molecule has 24 heavy (non-hydrogen) atoms. The number of benzene rings is 1. The molecule has 0 saturated carbocycles. The fraction of sp³-hybridized carbons (Fsp3) is 0.278. The number of hydrogen-bond donors (Lipinski definition) is 0. The van der Waals surface area contributed by atoms with Crippen LogP contribution in [0.2, 0.25) is 5.02 Å². The second-order valence-corrected chi connectivity index (χ2v) is 7.32. The third kappa shape index (κ3) is 3.97. The Labute approximate surface area is 150 Å². The van der Waals surface area contributed by atoms with E-state index in [1.807, 2.05) is 43.3 Å². The Morgan fingerprint density at radius 2 is 1.83 bits per heavy atom. The first-order chi connectivity index (χ1) is 11.5. The number of aromatic nitrogens is 3. The quantitative estimate of drug-likeness (QED) is 0.562. The zero-order valence-corrected chi connectivity index (χ0v) is 15.4. The molecule has 124 valence electrons. The van der Waals surface area contributed by atoms with Crippen LogP contribution in [0.1, 0.15) is 19.5 Å². The van der Waals surface area contributed by atoms with E-state index in [9.17, 15) is 0 Å². The van der Waals surface area contributed by atoms with Gasteiger partial charge in [0.1, 0.15) is 0 Å². The first-order valence-electron chi connectivity index (χ1n) is 7.73. The van der Waals surface area contributed by atoms with Gasteiger partial charge in [-0.3, -0.25) is 4.98 Å². The Bertz CT molecular complexity index is 831. The predicted molar refractivity (Wildman–Crippen MR) is 98.3 cm³/mol. The molecule has 0 aliphatic rings. The van der Waals surface area contributed by atoms with Crippen LogP contribution in [0.25, 0.3) is 22.7 Å². The van der Waals surface area contributed by atoms with Crippen molar-refractivity contribution in [2.45, 2.75) is 26.0 Å². The van der Waals surface area contributed by atoms with Crippen molar-refractivity contribution in [3.63, 3.8) is 0 Å². The molecule has 0 N–H and O–H groups in total. The van der Waals surface area contributed by atoms with E-state index < -0.39 is 0 Å². The predicted octanol–water partition coefficient (Wildman–Crippen LogP) is 5.51. The number of hydrogen-bond acceptors (Lipinski definition) is 5. The smallest absolute Gasteiger partial charge is 0.276 e. The molecule has 0 aliphatic heterocycles. The van der Waals surface area contributed by atoms with Crippen LogP contribution in [0.3, 0.4) is 0 Å². The van der Waals surface area contributed by atoms with Gasteiger partial charge in [0.15, 0.2) is 0 Å². The molecule has 0 spiro atoms. The normalized spacial score (nSPS) is 11.2. The minimum absolute atomic E-state index is 0.508. The van der Waals surface area contributed by atoms with Gasteiger partial charge in [-0.15, -0.1) is 10.2 Å². The van der Waals surface area contributed by atoms with Crippen molar-refractivity contribution >= 4 is 23.4 Å². The summed E-state index contributed by atoms with van der Waals surface area (Å²) >= 11 is 7.51. The lowest BCUT2D eigenvalue weighted by Crippen LogP contribution is -1.91. The van der Waals surface area contributed by atoms with Crippen LogP contribution in [-0.4, -0.2) is 20.9 Å². The SMILES string of the molecule is Cc1nc(-c2ccc(Cl)cc2)ccc1-c1nnc(SCC(C)C)o1. The minimum Gasteiger partial charge on any atom is -0.411 e. The van der Waals surface area contributed by atoms with Crippen molar-refractivity contribution in [3.8, 4) is 22.7 Å². The van der Waals surface area contributed by atoms with Gasteiger partial charge in [0, 0.05) is 16.3 Å². The topological polar surface area (TPSA) is 51.8 Å². The Morgan fingerprint density at radius 3 is 2.50 bits per heavy atom. The highest BCUT2D eigenvalue weighted by atomic mass is 35.5. The first kappa shape index (κ1) is 17.0. The molecular weight excluding hydrogens is 342 g/mol. The van der Waals surface area contributed by atoms with Gasteiger partial charge in [-0.25, -0.2) is 0 Å². The summed E-state index contributed by atoms with van der Waals surface area (Å²) < 4.78 is 5.75. The van der Waals surface area contributed by atoms with Gasteiger partial charge in [0.25, 0.3) is 11.1 Å². The molecule has 0 unspecified atom stereocenters. The van der Waals surface area contributed by atoms with E-state index in [0.29, 0.717) is 22.1 Å². The lowest BCUT2D eigenvalue weighted by molar-refractivity contribution is 0.464. The van der Waals surface area contributed by atoms with Gasteiger partial charge in [-0.2, -0.15) is 0 Å². The summed E-state index contributed by atoms with van der Waals surface area (Å²) in [5, 5.41) is 9.55. The van der Waals surface area contributed by atoms with Gasteiger partial charge < -0.3 is 4.42 Å². The van der Waals surface area contributed by atoms with Gasteiger partial charge in [0.05, 0.1) is 17.0 Å². The van der Waals surface area contributed by atoms with E-state index in [1.54, 1.807) is 11.8 Å². The van der Waals surface area contributed by atoms with E-state index in [-0.39, 0.29) is 0 Å². The molecule has 2 aromatic heterocycles. The van der Waals surface area contributed by atoms with Crippen molar-refractivity contribution < 1.29 is 4.42 Å². The molecule has 0 bridgehead atoms. The second-order valence-electron chi connectivity index (χ2n) is 5.91. The average molecular weight is 360 g/mol. The highest BCUT2D eigenvalue weighted by molar-refractivity contribution is 7.99. The molecule has 0 radical (unpaired) electrons. The summed E-state index contributed by atoms with van der Waals surface area (Å²) in [5.41, 5.74) is 3.62. The van der Waals surface area contributed by atoms with Gasteiger partial charge in [0.2, 0.25) is 0 Å². The number of nitrogens with zero attached hydrogens (tertiary/aromatic N) is 3. The maximum Gasteiger partial charge on any atom is 0.276 e. The lowest BCUT2D eigenvalue weighted by Gasteiger charge is -2.05. The summed E-state index contributed by atoms with van der Waals surface area (Å²) in [7, 11) is 0. The maximum absolute atomic E-state index is 5.93. The number of aryl methyl sites for hydroxylation is 1. The van der Waals surface area contributed by atoms with Crippen molar-refractivity contribution in [2.24, 2.45) is 5.92 Å². The number of thioether (sulfide) groups is 1. The van der Waals surface area contributed by atoms with Gasteiger partial charge in [-0.1, -0.05) is 49.3 Å². The van der Waals surface area contributed by atoms with Gasteiger partial charge >= 0.3 is 0 Å². The molecule has 0 aliphatic carbocycles. The molecule has 2 heterocycles. The molecule has 3 rings (SSSR count). The number of pyridine rings is 1. The van der Waals surface area contributed by atoms with Crippen LogP contribution in [-0.2, 0) is 0 Å². The van der Waals surface area contributed by atoms with E-state index >= 15 is 0 Å². The minimum atomic E-state index is 0.508. The molecule has 6 heteroatoms. The standard InChI is InChI=1S/C18H18ClN3OS/c1-11(2)10-24-18-22-21-17(23-18)15-8-9-16(20-12(15)3)13-4-6-14(19)7-5-13/h4-9,11H,10H2,1-3H3. The van der Waals surface area contributed by atoms with E-state index in [4.69, 9.17) is 16.0 Å². The Morgan fingerprint density at radius 1 is 1.08 bits per heavy atom. The Hall–Kier alpha value is -1.85. The van der Waals surface area contributed by atoms with E-state index in [0.717, 1.165) is 28.3 Å². The highest BCUT2D eigenvalue weighted by Gasteiger charge is 2.13. The van der Waals surface area contributed by atoms with E-state index in [2.05, 4.69) is 29.0 Å². The summed E-state index contributed by atoms with van der Waals surface area (Å²) in [4.78, 5) is 4.66. The zero-order valence-electron chi connectivity index (χ0n) is 13.8. The van der Waals surface area contributed by atoms with Crippen LogP contribution >= 0.6 is 23.4 Å². The van der Waals surface area contributed by atoms with Gasteiger partial charge in [-0.05, 0) is 37.1 Å². The number of halogens is 1. The molecular formula is C18H18ClN3OS. The van der Waals surface area contributed by atoms with Crippen LogP contribution in [0.15, 0.2) is 46.0 Å². The molecule has 3 aromatic rings. The third-order valence-electron chi connectivity index (χ3n) is 3.40. The Balaban J connectivity index is 1.83. The Kier molecular flexibility index (Phi) is 5.21. The summed E-state index contributed by atoms with van der Waals surface area (Å²) in [5.74, 6) is 2.04. The van der Waals surface area contributed by atoms with Crippen LogP contribution < -0.4 is 0 Å². The van der Waals surface area contributed by atoms with Crippen molar-refractivity contribution in [1.82, 2.24) is 15.2 Å². The largest absolute Gasteiger partial charge is 0.411 e. The van der Waals surface area contributed by atoms with Crippen LogP contribution in [0.5, 0.6) is 0 Å². The summed E-state index contributed by atoms with van der Waals surface area (Å²) in [6, 6.07) is 11.6. The molecule has 1 aromatic carbocycles. The van der Waals surface area contributed by atoms with Crippen molar-refractivity contribution in [1.29, 1.82) is 0 Å². The van der Waals surface area contributed by atoms with Crippen molar-refractivity contribution in [3.05, 3.63) is 47.1 Å². The molecule has 0 amide bonds. The monoisotopic (exact) mass is 359 g/mol. The molecule has 0 fully saturated rings. The van der Waals surface area contributed by atoms with Crippen LogP contribution in [0.4, 0.5) is 0 Å². The fourth-order valence-electron chi connectivity index (χ4n) is 2.18. The first-order valence-corrected chi connectivity index (χ1v) is 9.09. The van der Waals surface area contributed by atoms with Crippen molar-refractivity contribution in [2.75, 3.05) is 5.75 Å². The lowest BCUT2D eigenvalue weighted by atomic mass is 10.1.